The molecule has 0 aliphatic heterocycles. The zero-order chi connectivity index (χ0) is 10.8. The molecule has 1 saturated carbocycles. The maximum atomic E-state index is 11.8. The summed E-state index contributed by atoms with van der Waals surface area (Å²) in [6, 6.07) is 2.16. The first-order chi connectivity index (χ1) is 6.49. The topological polar surface area (TPSA) is 40.9 Å². The number of carbonyl (C=O) groups is 1. The summed E-state index contributed by atoms with van der Waals surface area (Å²) in [4.78, 5) is 11.8. The molecule has 2 atom stereocenters. The van der Waals surface area contributed by atoms with Crippen molar-refractivity contribution in [1.82, 2.24) is 0 Å². The molecule has 0 amide bonds. The van der Waals surface area contributed by atoms with Crippen LogP contribution in [0.25, 0.3) is 0 Å². The lowest BCUT2D eigenvalue weighted by molar-refractivity contribution is -0.126. The number of rotatable bonds is 3. The highest BCUT2D eigenvalue weighted by atomic mass is 16.1. The normalized spacial score (nSPS) is 27.7. The van der Waals surface area contributed by atoms with E-state index in [0.29, 0.717) is 12.2 Å². The summed E-state index contributed by atoms with van der Waals surface area (Å²) in [5.41, 5.74) is 0.0115. The molecule has 0 spiro atoms. The Morgan fingerprint density at radius 1 is 1.50 bits per heavy atom. The molecule has 14 heavy (non-hydrogen) atoms. The molecule has 2 heteroatoms. The fourth-order valence-corrected chi connectivity index (χ4v) is 2.37. The van der Waals surface area contributed by atoms with Crippen molar-refractivity contribution in [2.45, 2.75) is 46.5 Å². The van der Waals surface area contributed by atoms with E-state index in [4.69, 9.17) is 5.26 Å². The molecule has 0 saturated heterocycles. The number of hydrogen-bond donors (Lipinski definition) is 0. The molecular weight excluding hydrogens is 174 g/mol. The van der Waals surface area contributed by atoms with Crippen molar-refractivity contribution in [3.05, 3.63) is 0 Å². The molecule has 0 heterocycles. The van der Waals surface area contributed by atoms with Crippen LogP contribution in [0, 0.1) is 28.6 Å². The third-order valence-corrected chi connectivity index (χ3v) is 3.54. The second kappa shape index (κ2) is 4.13. The van der Waals surface area contributed by atoms with Gasteiger partial charge in [0.15, 0.2) is 0 Å². The Morgan fingerprint density at radius 2 is 2.14 bits per heavy atom. The van der Waals surface area contributed by atoms with Crippen LogP contribution in [0.15, 0.2) is 0 Å². The van der Waals surface area contributed by atoms with Gasteiger partial charge in [-0.25, -0.2) is 0 Å². The lowest BCUT2D eigenvalue weighted by atomic mass is 9.74. The molecule has 1 aliphatic carbocycles. The molecule has 1 aliphatic rings. The quantitative estimate of drug-likeness (QED) is 0.691. The molecule has 2 nitrogen and oxygen atoms in total. The van der Waals surface area contributed by atoms with Crippen molar-refractivity contribution in [1.29, 1.82) is 5.26 Å². The molecule has 0 N–H and O–H groups in total. The van der Waals surface area contributed by atoms with Gasteiger partial charge in [0.05, 0.1) is 6.07 Å². The number of carbonyl (C=O) groups excluding carboxylic acids is 1. The summed E-state index contributed by atoms with van der Waals surface area (Å²) in [5.74, 6) is 0.833. The fraction of sp³-hybridized carbons (Fsp3) is 0.833. The Labute approximate surface area is 86.3 Å². The Bertz CT molecular complexity index is 262. The summed E-state index contributed by atoms with van der Waals surface area (Å²) in [7, 11) is 0. The molecule has 0 bridgehead atoms. The van der Waals surface area contributed by atoms with Gasteiger partial charge in [0, 0.05) is 18.3 Å². The average molecular weight is 193 g/mol. The summed E-state index contributed by atoms with van der Waals surface area (Å²) >= 11 is 0. The van der Waals surface area contributed by atoms with Crippen molar-refractivity contribution in [2.24, 2.45) is 17.3 Å². The third kappa shape index (κ3) is 2.15. The molecule has 0 unspecified atom stereocenters. The summed E-state index contributed by atoms with van der Waals surface area (Å²) in [5, 5.41) is 8.56. The summed E-state index contributed by atoms with van der Waals surface area (Å²) in [6.45, 7) is 6.25. The molecule has 1 rings (SSSR count). The van der Waals surface area contributed by atoms with Crippen LogP contribution in [0.5, 0.6) is 0 Å². The molecule has 0 aromatic heterocycles. The smallest absolute Gasteiger partial charge is 0.139 e. The maximum Gasteiger partial charge on any atom is 0.139 e. The van der Waals surface area contributed by atoms with E-state index in [1.165, 1.54) is 0 Å². The van der Waals surface area contributed by atoms with Crippen LogP contribution < -0.4 is 0 Å². The molecular formula is C12H19NO. The SMILES string of the molecule is C[C@@H]1CC[C@@H](C(C)(C)CCC#N)C1=O. The van der Waals surface area contributed by atoms with E-state index in [2.05, 4.69) is 19.9 Å². The minimum Gasteiger partial charge on any atom is -0.299 e. The van der Waals surface area contributed by atoms with Crippen molar-refractivity contribution in [3.8, 4) is 6.07 Å². The van der Waals surface area contributed by atoms with E-state index in [0.717, 1.165) is 19.3 Å². The summed E-state index contributed by atoms with van der Waals surface area (Å²) < 4.78 is 0. The van der Waals surface area contributed by atoms with Crippen molar-refractivity contribution >= 4 is 5.78 Å². The Kier molecular flexibility index (Phi) is 3.31. The van der Waals surface area contributed by atoms with E-state index in [1.54, 1.807) is 0 Å². The van der Waals surface area contributed by atoms with Gasteiger partial charge in [0.2, 0.25) is 0 Å². The standard InChI is InChI=1S/C12H19NO/c1-9-5-6-10(11(9)14)12(2,3)7-4-8-13/h9-10H,4-7H2,1-3H3/t9-,10-/m1/s1. The van der Waals surface area contributed by atoms with Crippen molar-refractivity contribution in [2.75, 3.05) is 0 Å². The van der Waals surface area contributed by atoms with Crippen LogP contribution in [0.1, 0.15) is 46.5 Å². The van der Waals surface area contributed by atoms with Gasteiger partial charge in [-0.2, -0.15) is 5.26 Å². The van der Waals surface area contributed by atoms with Crippen LogP contribution in [-0.4, -0.2) is 5.78 Å². The van der Waals surface area contributed by atoms with Gasteiger partial charge < -0.3 is 0 Å². The number of nitriles is 1. The van der Waals surface area contributed by atoms with Gasteiger partial charge >= 0.3 is 0 Å². The molecule has 78 valence electrons. The van der Waals surface area contributed by atoms with Gasteiger partial charge in [0.25, 0.3) is 0 Å². The lowest BCUT2D eigenvalue weighted by Crippen LogP contribution is -2.28. The van der Waals surface area contributed by atoms with Gasteiger partial charge in [-0.1, -0.05) is 20.8 Å². The number of Topliss-reactive ketones (excluding diaryl/α,β-unsaturated/α-hetero) is 1. The number of nitrogens with zero attached hydrogens (tertiary/aromatic N) is 1. The van der Waals surface area contributed by atoms with Gasteiger partial charge in [0.1, 0.15) is 5.78 Å². The third-order valence-electron chi connectivity index (χ3n) is 3.54. The second-order valence-corrected chi connectivity index (χ2v) is 5.08. The highest BCUT2D eigenvalue weighted by Crippen LogP contribution is 2.42. The molecule has 0 aromatic rings. The fourth-order valence-electron chi connectivity index (χ4n) is 2.37. The summed E-state index contributed by atoms with van der Waals surface area (Å²) in [6.07, 6.45) is 3.44. The zero-order valence-corrected chi connectivity index (χ0v) is 9.34. The minimum absolute atomic E-state index is 0.0115. The van der Waals surface area contributed by atoms with E-state index in [-0.39, 0.29) is 17.3 Å². The highest BCUT2D eigenvalue weighted by molar-refractivity contribution is 5.85. The Balaban J connectivity index is 2.64. The predicted molar refractivity (Wildman–Crippen MR) is 55.5 cm³/mol. The number of hydrogen-bond acceptors (Lipinski definition) is 2. The van der Waals surface area contributed by atoms with Crippen molar-refractivity contribution < 1.29 is 4.79 Å². The first-order valence-electron chi connectivity index (χ1n) is 5.39. The lowest BCUT2D eigenvalue weighted by Gasteiger charge is -2.29. The molecule has 1 fully saturated rings. The van der Waals surface area contributed by atoms with E-state index in [9.17, 15) is 4.79 Å². The maximum absolute atomic E-state index is 11.8. The van der Waals surface area contributed by atoms with E-state index in [1.807, 2.05) is 6.92 Å². The van der Waals surface area contributed by atoms with Gasteiger partial charge in [-0.15, -0.1) is 0 Å². The van der Waals surface area contributed by atoms with Crippen molar-refractivity contribution in [3.63, 3.8) is 0 Å². The van der Waals surface area contributed by atoms with Gasteiger partial charge in [-0.05, 0) is 24.7 Å². The average Bonchev–Trinajstić information content (AvgIpc) is 2.45. The Hall–Kier alpha value is -0.840. The van der Waals surface area contributed by atoms with Crippen LogP contribution in [0.3, 0.4) is 0 Å². The largest absolute Gasteiger partial charge is 0.299 e. The van der Waals surface area contributed by atoms with Crippen LogP contribution in [-0.2, 0) is 4.79 Å². The zero-order valence-electron chi connectivity index (χ0n) is 9.34. The minimum atomic E-state index is 0.0115. The van der Waals surface area contributed by atoms with Crippen LogP contribution in [0.4, 0.5) is 0 Å². The molecule has 0 radical (unpaired) electrons. The first kappa shape index (κ1) is 11.2. The van der Waals surface area contributed by atoms with E-state index < -0.39 is 0 Å². The predicted octanol–water partition coefficient (Wildman–Crippen LogP) is 2.93. The van der Waals surface area contributed by atoms with E-state index >= 15 is 0 Å². The van der Waals surface area contributed by atoms with Crippen LogP contribution >= 0.6 is 0 Å². The molecule has 0 aromatic carbocycles. The monoisotopic (exact) mass is 193 g/mol. The second-order valence-electron chi connectivity index (χ2n) is 5.08. The highest BCUT2D eigenvalue weighted by Gasteiger charge is 2.40. The first-order valence-corrected chi connectivity index (χ1v) is 5.39. The Morgan fingerprint density at radius 3 is 2.57 bits per heavy atom. The van der Waals surface area contributed by atoms with Gasteiger partial charge in [-0.3, -0.25) is 4.79 Å². The van der Waals surface area contributed by atoms with Crippen LogP contribution in [0.2, 0.25) is 0 Å². The number of ketones is 1.